The first kappa shape index (κ1) is 21.4. The van der Waals surface area contributed by atoms with E-state index in [1.54, 1.807) is 0 Å². The van der Waals surface area contributed by atoms with Crippen molar-refractivity contribution in [3.8, 4) is 0 Å². The van der Waals surface area contributed by atoms with Gasteiger partial charge in [-0.05, 0) is 50.9 Å². The summed E-state index contributed by atoms with van der Waals surface area (Å²) in [4.78, 5) is 2.36. The summed E-state index contributed by atoms with van der Waals surface area (Å²) in [6.07, 6.45) is 17.6. The second-order valence-corrected chi connectivity index (χ2v) is 6.95. The highest BCUT2D eigenvalue weighted by molar-refractivity contribution is 5.48. The summed E-state index contributed by atoms with van der Waals surface area (Å²) in [5.41, 5.74) is 7.16. The van der Waals surface area contributed by atoms with Crippen LogP contribution in [0, 0.1) is 5.92 Å². The third-order valence-corrected chi connectivity index (χ3v) is 4.67. The molecule has 2 heteroatoms. The van der Waals surface area contributed by atoms with Crippen LogP contribution in [0.25, 0.3) is 0 Å². The Bertz CT molecular complexity index is 557. The van der Waals surface area contributed by atoms with Crippen molar-refractivity contribution in [3.05, 3.63) is 65.5 Å². The summed E-state index contributed by atoms with van der Waals surface area (Å²) in [6.45, 7) is 11.6. The van der Waals surface area contributed by atoms with E-state index in [0.29, 0.717) is 0 Å². The van der Waals surface area contributed by atoms with Crippen LogP contribution in [-0.2, 0) is 0 Å². The van der Waals surface area contributed by atoms with Crippen LogP contribution in [0.3, 0.4) is 0 Å². The first-order valence-corrected chi connectivity index (χ1v) is 9.58. The van der Waals surface area contributed by atoms with E-state index in [9.17, 15) is 0 Å². The number of hydrogen-bond acceptors (Lipinski definition) is 2. The highest BCUT2D eigenvalue weighted by Gasteiger charge is 2.05. The van der Waals surface area contributed by atoms with Crippen molar-refractivity contribution in [1.29, 1.82) is 0 Å². The van der Waals surface area contributed by atoms with Gasteiger partial charge in [0.05, 0.1) is 0 Å². The minimum Gasteiger partial charge on any atom is -0.318 e. The standard InChI is InChI=1S/C23H36N2/c1-6-20(3)11-8-9-13-22(7-2)23-14-10-12-21(15-16-23)19-25(5)18-17-24-4/h7,9-10,14-16,20,24H,2,6,8,11-12,17-19H2,1,3-5H3/t13?,20-/m1/s1. The Balaban J connectivity index is 2.74. The van der Waals surface area contributed by atoms with Gasteiger partial charge in [-0.1, -0.05) is 62.8 Å². The summed E-state index contributed by atoms with van der Waals surface area (Å²) in [7, 11) is 4.17. The summed E-state index contributed by atoms with van der Waals surface area (Å²) in [5, 5.41) is 3.20. The van der Waals surface area contributed by atoms with Crippen LogP contribution < -0.4 is 5.32 Å². The van der Waals surface area contributed by atoms with Gasteiger partial charge in [-0.15, -0.1) is 5.73 Å². The topological polar surface area (TPSA) is 15.3 Å². The number of likely N-dealkylation sites (N-methyl/N-ethyl adjacent to an activating group) is 2. The molecule has 0 aliphatic heterocycles. The summed E-state index contributed by atoms with van der Waals surface area (Å²) >= 11 is 0. The van der Waals surface area contributed by atoms with Gasteiger partial charge in [0.1, 0.15) is 0 Å². The molecule has 0 saturated carbocycles. The van der Waals surface area contributed by atoms with E-state index in [0.717, 1.165) is 44.0 Å². The first-order valence-electron chi connectivity index (χ1n) is 9.58. The van der Waals surface area contributed by atoms with E-state index < -0.39 is 0 Å². The Kier molecular flexibility index (Phi) is 10.9. The largest absolute Gasteiger partial charge is 0.318 e. The van der Waals surface area contributed by atoms with Crippen molar-refractivity contribution in [3.63, 3.8) is 0 Å². The highest BCUT2D eigenvalue weighted by Crippen LogP contribution is 2.18. The zero-order chi connectivity index (χ0) is 18.5. The van der Waals surface area contributed by atoms with Crippen LogP contribution in [0.4, 0.5) is 0 Å². The molecule has 1 aliphatic rings. The second kappa shape index (κ2) is 12.7. The first-order chi connectivity index (χ1) is 12.1. The average molecular weight is 341 g/mol. The molecule has 0 heterocycles. The van der Waals surface area contributed by atoms with Crippen LogP contribution >= 0.6 is 0 Å². The van der Waals surface area contributed by atoms with Gasteiger partial charge in [0, 0.05) is 25.2 Å². The summed E-state index contributed by atoms with van der Waals surface area (Å²) in [6, 6.07) is 0. The normalized spacial score (nSPS) is 15.1. The minimum absolute atomic E-state index is 0.785. The SMILES string of the molecule is C=CC(=C=CCC[C@H](C)CC)C1=CC=C(CN(C)CCNC)CC=C1. The number of rotatable bonds is 11. The molecule has 0 aromatic rings. The van der Waals surface area contributed by atoms with Gasteiger partial charge in [-0.3, -0.25) is 0 Å². The Hall–Kier alpha value is -1.60. The second-order valence-electron chi connectivity index (χ2n) is 6.95. The Morgan fingerprint density at radius 1 is 1.44 bits per heavy atom. The third-order valence-electron chi connectivity index (χ3n) is 4.67. The van der Waals surface area contributed by atoms with Gasteiger partial charge in [-0.2, -0.15) is 0 Å². The van der Waals surface area contributed by atoms with Gasteiger partial charge in [0.15, 0.2) is 0 Å². The molecule has 0 amide bonds. The molecule has 0 aromatic carbocycles. The Morgan fingerprint density at radius 2 is 2.24 bits per heavy atom. The van der Waals surface area contributed by atoms with E-state index in [-0.39, 0.29) is 0 Å². The van der Waals surface area contributed by atoms with Gasteiger partial charge >= 0.3 is 0 Å². The molecule has 1 N–H and O–H groups in total. The maximum absolute atomic E-state index is 3.97. The zero-order valence-corrected chi connectivity index (χ0v) is 16.6. The lowest BCUT2D eigenvalue weighted by Gasteiger charge is -2.17. The molecule has 0 fully saturated rings. The molecule has 138 valence electrons. The highest BCUT2D eigenvalue weighted by atomic mass is 15.1. The quantitative estimate of drug-likeness (QED) is 0.418. The molecule has 1 aliphatic carbocycles. The fourth-order valence-corrected chi connectivity index (χ4v) is 2.71. The molecular formula is C23H36N2. The number of nitrogens with zero attached hydrogens (tertiary/aromatic N) is 1. The molecule has 1 rings (SSSR count). The minimum atomic E-state index is 0.785. The van der Waals surface area contributed by atoms with Crippen molar-refractivity contribution in [1.82, 2.24) is 10.2 Å². The van der Waals surface area contributed by atoms with Crippen molar-refractivity contribution in [2.24, 2.45) is 5.92 Å². The van der Waals surface area contributed by atoms with E-state index in [1.165, 1.54) is 24.0 Å². The van der Waals surface area contributed by atoms with E-state index >= 15 is 0 Å². The van der Waals surface area contributed by atoms with Crippen LogP contribution in [0.15, 0.2) is 65.5 Å². The molecule has 0 unspecified atom stereocenters. The third kappa shape index (κ3) is 8.88. The van der Waals surface area contributed by atoms with Crippen molar-refractivity contribution in [2.75, 3.05) is 33.7 Å². The number of nitrogens with one attached hydrogen (secondary N) is 1. The maximum Gasteiger partial charge on any atom is 0.0227 e. The van der Waals surface area contributed by atoms with Gasteiger partial charge in [-0.25, -0.2) is 0 Å². The Labute approximate surface area is 155 Å². The Morgan fingerprint density at radius 3 is 2.92 bits per heavy atom. The lowest BCUT2D eigenvalue weighted by molar-refractivity contribution is 0.361. The molecule has 2 nitrogen and oxygen atoms in total. The predicted octanol–water partition coefficient (Wildman–Crippen LogP) is 5.04. The monoisotopic (exact) mass is 340 g/mol. The van der Waals surface area contributed by atoms with E-state index in [4.69, 9.17) is 0 Å². The molecule has 0 aromatic heterocycles. The average Bonchev–Trinajstić information content (AvgIpc) is 2.85. The van der Waals surface area contributed by atoms with Gasteiger partial charge in [0.2, 0.25) is 0 Å². The molecular weight excluding hydrogens is 304 g/mol. The lowest BCUT2D eigenvalue weighted by Crippen LogP contribution is -2.28. The number of hydrogen-bond donors (Lipinski definition) is 1. The van der Waals surface area contributed by atoms with Crippen LogP contribution in [0.5, 0.6) is 0 Å². The molecule has 0 radical (unpaired) electrons. The van der Waals surface area contributed by atoms with Crippen LogP contribution in [0.1, 0.15) is 39.5 Å². The van der Waals surface area contributed by atoms with Gasteiger partial charge < -0.3 is 10.2 Å². The molecule has 0 saturated heterocycles. The number of allylic oxidation sites excluding steroid dienone is 7. The molecule has 0 spiro atoms. The van der Waals surface area contributed by atoms with Crippen molar-refractivity contribution >= 4 is 0 Å². The maximum atomic E-state index is 3.97. The summed E-state index contributed by atoms with van der Waals surface area (Å²) in [5.74, 6) is 0.785. The van der Waals surface area contributed by atoms with Crippen molar-refractivity contribution < 1.29 is 0 Å². The summed E-state index contributed by atoms with van der Waals surface area (Å²) < 4.78 is 0. The molecule has 25 heavy (non-hydrogen) atoms. The zero-order valence-electron chi connectivity index (χ0n) is 16.6. The van der Waals surface area contributed by atoms with Crippen molar-refractivity contribution in [2.45, 2.75) is 39.5 Å². The van der Waals surface area contributed by atoms with Crippen LogP contribution in [-0.4, -0.2) is 38.6 Å². The fraction of sp³-hybridized carbons (Fsp3) is 0.522. The van der Waals surface area contributed by atoms with Gasteiger partial charge in [0.25, 0.3) is 0 Å². The molecule has 0 bridgehead atoms. The molecule has 1 atom stereocenters. The fourth-order valence-electron chi connectivity index (χ4n) is 2.71. The lowest BCUT2D eigenvalue weighted by atomic mass is 10.0. The van der Waals surface area contributed by atoms with Crippen LogP contribution in [0.2, 0.25) is 0 Å². The van der Waals surface area contributed by atoms with E-state index in [1.807, 2.05) is 13.1 Å². The predicted molar refractivity (Wildman–Crippen MR) is 112 cm³/mol. The van der Waals surface area contributed by atoms with E-state index in [2.05, 4.69) is 73.8 Å². The smallest absolute Gasteiger partial charge is 0.0227 e.